The zero-order valence-corrected chi connectivity index (χ0v) is 16.7. The number of hydrogen-bond donors (Lipinski definition) is 1. The largest absolute Gasteiger partial charge is 0.507 e. The van der Waals surface area contributed by atoms with Crippen LogP contribution in [0.3, 0.4) is 0 Å². The van der Waals surface area contributed by atoms with Gasteiger partial charge in [-0.15, -0.1) is 0 Å². The molecular formula is C21H20BrNO4. The molecule has 0 radical (unpaired) electrons. The number of amides is 1. The van der Waals surface area contributed by atoms with Gasteiger partial charge in [0.15, 0.2) is 0 Å². The molecule has 1 atom stereocenters. The Morgan fingerprint density at radius 1 is 1.19 bits per heavy atom. The molecule has 1 amide bonds. The maximum atomic E-state index is 12.8. The van der Waals surface area contributed by atoms with Crippen molar-refractivity contribution >= 4 is 33.4 Å². The molecule has 0 saturated carbocycles. The van der Waals surface area contributed by atoms with Crippen molar-refractivity contribution in [2.24, 2.45) is 0 Å². The quantitative estimate of drug-likeness (QED) is 0.445. The number of carbonyl (C=O) groups excluding carboxylic acids is 2. The van der Waals surface area contributed by atoms with E-state index >= 15 is 0 Å². The summed E-state index contributed by atoms with van der Waals surface area (Å²) in [6, 6.07) is 13.9. The topological polar surface area (TPSA) is 66.8 Å². The van der Waals surface area contributed by atoms with Gasteiger partial charge >= 0.3 is 0 Å². The summed E-state index contributed by atoms with van der Waals surface area (Å²) >= 11 is 3.43. The Morgan fingerprint density at radius 3 is 2.52 bits per heavy atom. The zero-order chi connectivity index (χ0) is 19.6. The number of benzene rings is 2. The SMILES string of the molecule is COCCN1C(=O)C(=O)C(=C(O)c2ccc(C)cc2)[C@@H]1c1cccc(Br)c1. The third-order valence-corrected chi connectivity index (χ3v) is 5.06. The molecular weight excluding hydrogens is 410 g/mol. The highest BCUT2D eigenvalue weighted by Gasteiger charge is 2.45. The Balaban J connectivity index is 2.16. The predicted octanol–water partition coefficient (Wildman–Crippen LogP) is 3.83. The van der Waals surface area contributed by atoms with Gasteiger partial charge in [-0.05, 0) is 24.6 Å². The Hall–Kier alpha value is -2.44. The lowest BCUT2D eigenvalue weighted by molar-refractivity contribution is -0.140. The van der Waals surface area contributed by atoms with Crippen LogP contribution < -0.4 is 0 Å². The molecule has 3 rings (SSSR count). The molecule has 0 aliphatic carbocycles. The fourth-order valence-corrected chi connectivity index (χ4v) is 3.61. The van der Waals surface area contributed by atoms with Crippen LogP contribution in [-0.4, -0.2) is 42.0 Å². The molecule has 1 saturated heterocycles. The number of aryl methyl sites for hydroxylation is 1. The van der Waals surface area contributed by atoms with Crippen molar-refractivity contribution in [3.63, 3.8) is 0 Å². The number of aliphatic hydroxyl groups is 1. The van der Waals surface area contributed by atoms with E-state index in [1.54, 1.807) is 12.1 Å². The summed E-state index contributed by atoms with van der Waals surface area (Å²) in [7, 11) is 1.54. The van der Waals surface area contributed by atoms with Gasteiger partial charge in [0.05, 0.1) is 18.2 Å². The molecule has 27 heavy (non-hydrogen) atoms. The molecule has 0 bridgehead atoms. The molecule has 0 aromatic heterocycles. The van der Waals surface area contributed by atoms with Crippen molar-refractivity contribution in [2.75, 3.05) is 20.3 Å². The standard InChI is InChI=1S/C21H20BrNO4/c1-13-6-8-14(9-7-13)19(24)17-18(15-4-3-5-16(22)12-15)23(10-11-27-2)21(26)20(17)25/h3-9,12,18,24H,10-11H2,1-2H3/t18-/m0/s1. The van der Waals surface area contributed by atoms with E-state index in [0.717, 1.165) is 15.6 Å². The van der Waals surface area contributed by atoms with E-state index < -0.39 is 17.7 Å². The van der Waals surface area contributed by atoms with E-state index in [0.29, 0.717) is 12.2 Å². The van der Waals surface area contributed by atoms with Gasteiger partial charge in [-0.3, -0.25) is 9.59 Å². The average Bonchev–Trinajstić information content (AvgIpc) is 2.91. The molecule has 2 aromatic carbocycles. The summed E-state index contributed by atoms with van der Waals surface area (Å²) in [6.45, 7) is 2.49. The monoisotopic (exact) mass is 429 g/mol. The third kappa shape index (κ3) is 3.82. The van der Waals surface area contributed by atoms with Crippen molar-refractivity contribution in [3.05, 3.63) is 75.3 Å². The molecule has 1 aliphatic rings. The number of methoxy groups -OCH3 is 1. The maximum Gasteiger partial charge on any atom is 0.295 e. The second-order valence-corrected chi connectivity index (χ2v) is 7.32. The minimum absolute atomic E-state index is 0.0954. The van der Waals surface area contributed by atoms with Gasteiger partial charge in [-0.25, -0.2) is 0 Å². The molecule has 0 unspecified atom stereocenters. The van der Waals surface area contributed by atoms with E-state index in [1.165, 1.54) is 12.0 Å². The molecule has 1 fully saturated rings. The third-order valence-electron chi connectivity index (χ3n) is 4.57. The van der Waals surface area contributed by atoms with Gasteiger partial charge in [-0.1, -0.05) is 57.9 Å². The van der Waals surface area contributed by atoms with Crippen molar-refractivity contribution in [2.45, 2.75) is 13.0 Å². The summed E-state index contributed by atoms with van der Waals surface area (Å²) < 4.78 is 5.92. The summed E-state index contributed by atoms with van der Waals surface area (Å²) in [4.78, 5) is 26.9. The summed E-state index contributed by atoms with van der Waals surface area (Å²) in [5.41, 5.74) is 2.38. The van der Waals surface area contributed by atoms with Crippen LogP contribution in [0.25, 0.3) is 5.76 Å². The number of carbonyl (C=O) groups is 2. The Labute approximate surface area is 166 Å². The van der Waals surface area contributed by atoms with Gasteiger partial charge in [0, 0.05) is 23.7 Å². The lowest BCUT2D eigenvalue weighted by atomic mass is 9.95. The fourth-order valence-electron chi connectivity index (χ4n) is 3.19. The highest BCUT2D eigenvalue weighted by molar-refractivity contribution is 9.10. The van der Waals surface area contributed by atoms with Crippen LogP contribution in [0.5, 0.6) is 0 Å². The van der Waals surface area contributed by atoms with Crippen LogP contribution in [0.2, 0.25) is 0 Å². The lowest BCUT2D eigenvalue weighted by Gasteiger charge is -2.25. The van der Waals surface area contributed by atoms with Crippen molar-refractivity contribution in [3.8, 4) is 0 Å². The zero-order valence-electron chi connectivity index (χ0n) is 15.1. The van der Waals surface area contributed by atoms with E-state index in [9.17, 15) is 14.7 Å². The van der Waals surface area contributed by atoms with E-state index in [2.05, 4.69) is 15.9 Å². The second-order valence-electron chi connectivity index (χ2n) is 6.41. The van der Waals surface area contributed by atoms with Gasteiger partial charge in [0.25, 0.3) is 11.7 Å². The van der Waals surface area contributed by atoms with Gasteiger partial charge in [-0.2, -0.15) is 0 Å². The molecule has 5 nitrogen and oxygen atoms in total. The lowest BCUT2D eigenvalue weighted by Crippen LogP contribution is -2.32. The number of Topliss-reactive ketones (excluding diaryl/α,β-unsaturated/α-hetero) is 1. The van der Waals surface area contributed by atoms with E-state index in [4.69, 9.17) is 4.74 Å². The second kappa shape index (κ2) is 8.06. The number of halogens is 1. The number of aliphatic hydroxyl groups excluding tert-OH is 1. The Bertz CT molecular complexity index is 905. The summed E-state index contributed by atoms with van der Waals surface area (Å²) in [6.07, 6.45) is 0. The highest BCUT2D eigenvalue weighted by atomic mass is 79.9. The van der Waals surface area contributed by atoms with Gasteiger partial charge in [0.1, 0.15) is 5.76 Å². The van der Waals surface area contributed by atoms with E-state index in [-0.39, 0.29) is 17.9 Å². The predicted molar refractivity (Wildman–Crippen MR) is 106 cm³/mol. The first kappa shape index (κ1) is 19.3. The molecule has 1 heterocycles. The number of ether oxygens (including phenoxy) is 1. The Morgan fingerprint density at radius 2 is 1.89 bits per heavy atom. The van der Waals surface area contributed by atoms with Crippen LogP contribution in [0, 0.1) is 6.92 Å². The van der Waals surface area contributed by atoms with Crippen LogP contribution in [0.1, 0.15) is 22.7 Å². The normalized spacial score (nSPS) is 18.9. The summed E-state index contributed by atoms with van der Waals surface area (Å²) in [5.74, 6) is -1.49. The minimum Gasteiger partial charge on any atom is -0.507 e. The van der Waals surface area contributed by atoms with Gasteiger partial charge < -0.3 is 14.7 Å². The van der Waals surface area contributed by atoms with Crippen LogP contribution in [-0.2, 0) is 14.3 Å². The minimum atomic E-state index is -0.686. The number of rotatable bonds is 5. The first-order valence-electron chi connectivity index (χ1n) is 8.54. The fraction of sp³-hybridized carbons (Fsp3) is 0.238. The molecule has 6 heteroatoms. The average molecular weight is 430 g/mol. The number of hydrogen-bond acceptors (Lipinski definition) is 4. The number of ketones is 1. The number of likely N-dealkylation sites (tertiary alicyclic amines) is 1. The highest BCUT2D eigenvalue weighted by Crippen LogP contribution is 2.39. The molecule has 140 valence electrons. The molecule has 2 aromatic rings. The van der Waals surface area contributed by atoms with Crippen molar-refractivity contribution < 1.29 is 19.4 Å². The maximum absolute atomic E-state index is 12.8. The molecule has 0 spiro atoms. The van der Waals surface area contributed by atoms with Crippen LogP contribution >= 0.6 is 15.9 Å². The van der Waals surface area contributed by atoms with Crippen molar-refractivity contribution in [1.82, 2.24) is 4.90 Å². The van der Waals surface area contributed by atoms with Crippen molar-refractivity contribution in [1.29, 1.82) is 0 Å². The molecule has 1 aliphatic heterocycles. The van der Waals surface area contributed by atoms with Gasteiger partial charge in [0.2, 0.25) is 0 Å². The molecule has 1 N–H and O–H groups in total. The van der Waals surface area contributed by atoms with Crippen LogP contribution in [0.15, 0.2) is 58.6 Å². The number of nitrogens with zero attached hydrogens (tertiary/aromatic N) is 1. The van der Waals surface area contributed by atoms with E-state index in [1.807, 2.05) is 43.3 Å². The first-order valence-corrected chi connectivity index (χ1v) is 9.33. The van der Waals surface area contributed by atoms with Crippen LogP contribution in [0.4, 0.5) is 0 Å². The smallest absolute Gasteiger partial charge is 0.295 e. The first-order chi connectivity index (χ1) is 12.9. The summed E-state index contributed by atoms with van der Waals surface area (Å²) in [5, 5.41) is 10.9. The Kier molecular flexibility index (Phi) is 5.77.